The number of nitrogens with one attached hydrogen (secondary N) is 1. The van der Waals surface area contributed by atoms with Crippen LogP contribution in [0.25, 0.3) is 0 Å². The quantitative estimate of drug-likeness (QED) is 0.450. The smallest absolute Gasteiger partial charge is 0.251 e. The maximum atomic E-state index is 11.6. The average Bonchev–Trinajstić information content (AvgIpc) is 3.29. The van der Waals surface area contributed by atoms with Crippen LogP contribution >= 0.6 is 24.0 Å². The van der Waals surface area contributed by atoms with Gasteiger partial charge < -0.3 is 16.0 Å². The van der Waals surface area contributed by atoms with E-state index in [2.05, 4.69) is 10.3 Å². The number of guanidine groups is 1. The minimum Gasteiger partial charge on any atom is -0.370 e. The second kappa shape index (κ2) is 8.21. The zero-order valence-electron chi connectivity index (χ0n) is 12.5. The van der Waals surface area contributed by atoms with Gasteiger partial charge in [-0.25, -0.2) is 4.99 Å². The van der Waals surface area contributed by atoms with Crippen molar-refractivity contribution in [3.8, 4) is 0 Å². The Balaban J connectivity index is 0.00000220. The SMILES string of the molecule is CCNC(=O)c1ccc(CN=C(N)N(C)C2CC2)cc1.I. The van der Waals surface area contributed by atoms with Crippen molar-refractivity contribution < 1.29 is 4.79 Å². The molecule has 1 fully saturated rings. The van der Waals surface area contributed by atoms with Crippen LogP contribution in [-0.4, -0.2) is 36.4 Å². The van der Waals surface area contributed by atoms with E-state index in [0.29, 0.717) is 30.7 Å². The van der Waals surface area contributed by atoms with Crippen LogP contribution in [0.5, 0.6) is 0 Å². The first-order valence-corrected chi connectivity index (χ1v) is 7.01. The lowest BCUT2D eigenvalue weighted by molar-refractivity contribution is 0.0956. The Hall–Kier alpha value is -1.31. The van der Waals surface area contributed by atoms with Crippen LogP contribution in [0.2, 0.25) is 0 Å². The fraction of sp³-hybridized carbons (Fsp3) is 0.467. The van der Waals surface area contributed by atoms with Crippen LogP contribution in [0, 0.1) is 0 Å². The van der Waals surface area contributed by atoms with Crippen molar-refractivity contribution in [2.45, 2.75) is 32.4 Å². The molecule has 1 saturated carbocycles. The van der Waals surface area contributed by atoms with E-state index < -0.39 is 0 Å². The molecule has 1 aromatic carbocycles. The van der Waals surface area contributed by atoms with Gasteiger partial charge in [-0.3, -0.25) is 4.79 Å². The Labute approximate surface area is 143 Å². The van der Waals surface area contributed by atoms with Crippen LogP contribution in [0.15, 0.2) is 29.3 Å². The predicted octanol–water partition coefficient (Wildman–Crippen LogP) is 1.96. The Morgan fingerprint density at radius 3 is 2.52 bits per heavy atom. The molecule has 1 amide bonds. The maximum Gasteiger partial charge on any atom is 0.251 e. The number of nitrogens with zero attached hydrogens (tertiary/aromatic N) is 2. The number of nitrogens with two attached hydrogens (primary N) is 1. The molecule has 0 aromatic heterocycles. The molecule has 116 valence electrons. The number of carbonyl (C=O) groups excluding carboxylic acids is 1. The van der Waals surface area contributed by atoms with Gasteiger partial charge in [-0.05, 0) is 37.5 Å². The van der Waals surface area contributed by atoms with Crippen molar-refractivity contribution in [3.63, 3.8) is 0 Å². The summed E-state index contributed by atoms with van der Waals surface area (Å²) in [6, 6.07) is 8.03. The minimum absolute atomic E-state index is 0. The van der Waals surface area contributed by atoms with Gasteiger partial charge in [0.25, 0.3) is 5.91 Å². The highest BCUT2D eigenvalue weighted by molar-refractivity contribution is 14.0. The van der Waals surface area contributed by atoms with E-state index in [0.717, 1.165) is 5.56 Å². The standard InChI is InChI=1S/C15H22N4O.HI/c1-3-17-14(20)12-6-4-11(5-7-12)10-18-15(16)19(2)13-8-9-13;/h4-7,13H,3,8-10H2,1-2H3,(H2,16,18)(H,17,20);1H. The third-order valence-corrected chi connectivity index (χ3v) is 3.43. The molecule has 0 aliphatic heterocycles. The van der Waals surface area contributed by atoms with Crippen LogP contribution in [0.4, 0.5) is 0 Å². The molecule has 3 N–H and O–H groups in total. The fourth-order valence-corrected chi connectivity index (χ4v) is 1.96. The molecule has 0 saturated heterocycles. The van der Waals surface area contributed by atoms with Crippen LogP contribution in [0.3, 0.4) is 0 Å². The number of benzene rings is 1. The van der Waals surface area contributed by atoms with Gasteiger partial charge in [-0.2, -0.15) is 0 Å². The van der Waals surface area contributed by atoms with Gasteiger partial charge in [0.2, 0.25) is 0 Å². The summed E-state index contributed by atoms with van der Waals surface area (Å²) in [7, 11) is 1.98. The Morgan fingerprint density at radius 2 is 2.00 bits per heavy atom. The molecule has 5 nitrogen and oxygen atoms in total. The van der Waals surface area contributed by atoms with Crippen molar-refractivity contribution in [3.05, 3.63) is 35.4 Å². The summed E-state index contributed by atoms with van der Waals surface area (Å²) >= 11 is 0. The Morgan fingerprint density at radius 1 is 1.38 bits per heavy atom. The van der Waals surface area contributed by atoms with Gasteiger partial charge in [0.15, 0.2) is 5.96 Å². The summed E-state index contributed by atoms with van der Waals surface area (Å²) in [6.07, 6.45) is 2.40. The molecule has 1 aliphatic rings. The predicted molar refractivity (Wildman–Crippen MR) is 96.0 cm³/mol. The van der Waals surface area contributed by atoms with Crippen LogP contribution in [0.1, 0.15) is 35.7 Å². The number of hydrogen-bond donors (Lipinski definition) is 2. The zero-order valence-corrected chi connectivity index (χ0v) is 14.8. The zero-order chi connectivity index (χ0) is 14.5. The monoisotopic (exact) mass is 402 g/mol. The Bertz CT molecular complexity index is 497. The molecular formula is C15H23IN4O. The van der Waals surface area contributed by atoms with Crippen molar-refractivity contribution in [1.82, 2.24) is 10.2 Å². The van der Waals surface area contributed by atoms with Crippen molar-refractivity contribution in [2.75, 3.05) is 13.6 Å². The molecule has 1 aromatic rings. The molecule has 0 spiro atoms. The number of halogens is 1. The highest BCUT2D eigenvalue weighted by Gasteiger charge is 2.27. The summed E-state index contributed by atoms with van der Waals surface area (Å²) in [5.74, 6) is 0.538. The summed E-state index contributed by atoms with van der Waals surface area (Å²) in [5, 5.41) is 2.77. The van der Waals surface area contributed by atoms with Gasteiger partial charge in [-0.15, -0.1) is 24.0 Å². The second-order valence-electron chi connectivity index (χ2n) is 5.07. The molecule has 0 bridgehead atoms. The highest BCUT2D eigenvalue weighted by Crippen LogP contribution is 2.24. The summed E-state index contributed by atoms with van der Waals surface area (Å²) in [6.45, 7) is 3.08. The van der Waals surface area contributed by atoms with E-state index >= 15 is 0 Å². The van der Waals surface area contributed by atoms with E-state index in [-0.39, 0.29) is 29.9 Å². The van der Waals surface area contributed by atoms with E-state index in [4.69, 9.17) is 5.73 Å². The van der Waals surface area contributed by atoms with Crippen molar-refractivity contribution in [2.24, 2.45) is 10.7 Å². The van der Waals surface area contributed by atoms with Gasteiger partial charge in [-0.1, -0.05) is 12.1 Å². The van der Waals surface area contributed by atoms with Crippen LogP contribution in [-0.2, 0) is 6.54 Å². The first kappa shape index (κ1) is 17.7. The summed E-state index contributed by atoms with van der Waals surface area (Å²) in [4.78, 5) is 18.0. The topological polar surface area (TPSA) is 70.7 Å². The van der Waals surface area contributed by atoms with Gasteiger partial charge in [0, 0.05) is 25.2 Å². The lowest BCUT2D eigenvalue weighted by Gasteiger charge is -2.16. The molecule has 2 rings (SSSR count). The first-order chi connectivity index (χ1) is 9.61. The lowest BCUT2D eigenvalue weighted by atomic mass is 10.1. The maximum absolute atomic E-state index is 11.6. The Kier molecular flexibility index (Phi) is 6.94. The molecule has 0 radical (unpaired) electrons. The summed E-state index contributed by atoms with van der Waals surface area (Å²) in [5.41, 5.74) is 7.65. The largest absolute Gasteiger partial charge is 0.370 e. The lowest BCUT2D eigenvalue weighted by Crippen LogP contribution is -2.35. The molecular weight excluding hydrogens is 379 g/mol. The van der Waals surface area contributed by atoms with Gasteiger partial charge in [0.05, 0.1) is 6.54 Å². The van der Waals surface area contributed by atoms with E-state index in [1.165, 1.54) is 12.8 Å². The molecule has 1 aliphatic carbocycles. The molecule has 0 atom stereocenters. The fourth-order valence-electron chi connectivity index (χ4n) is 1.96. The van der Waals surface area contributed by atoms with E-state index in [1.54, 1.807) is 0 Å². The van der Waals surface area contributed by atoms with Crippen LogP contribution < -0.4 is 11.1 Å². The normalized spacial score (nSPS) is 14.3. The number of hydrogen-bond acceptors (Lipinski definition) is 2. The van der Waals surface area contributed by atoms with E-state index in [1.807, 2.05) is 43.1 Å². The first-order valence-electron chi connectivity index (χ1n) is 7.01. The van der Waals surface area contributed by atoms with Gasteiger partial charge >= 0.3 is 0 Å². The molecule has 21 heavy (non-hydrogen) atoms. The van der Waals surface area contributed by atoms with Gasteiger partial charge in [0.1, 0.15) is 0 Å². The number of carbonyl (C=O) groups is 1. The minimum atomic E-state index is -0.0458. The second-order valence-corrected chi connectivity index (χ2v) is 5.07. The number of aliphatic imine (C=N–C) groups is 1. The number of rotatable bonds is 5. The van der Waals surface area contributed by atoms with E-state index in [9.17, 15) is 4.79 Å². The molecule has 0 unspecified atom stereocenters. The third-order valence-electron chi connectivity index (χ3n) is 3.43. The molecule has 6 heteroatoms. The highest BCUT2D eigenvalue weighted by atomic mass is 127. The third kappa shape index (κ3) is 5.18. The number of amides is 1. The van der Waals surface area contributed by atoms with Crippen molar-refractivity contribution >= 4 is 35.8 Å². The summed E-state index contributed by atoms with van der Waals surface area (Å²) < 4.78 is 0. The average molecular weight is 402 g/mol. The molecule has 0 heterocycles. The van der Waals surface area contributed by atoms with Crippen molar-refractivity contribution in [1.29, 1.82) is 0 Å².